The van der Waals surface area contributed by atoms with Crippen LogP contribution in [-0.4, -0.2) is 41.0 Å². The number of halogens is 1. The average Bonchev–Trinajstić information content (AvgIpc) is 2.56. The van der Waals surface area contributed by atoms with Crippen molar-refractivity contribution in [3.05, 3.63) is 71.8 Å². The number of hydrogen-bond donors (Lipinski definition) is 1. The molecular weight excluding hydrogens is 326 g/mol. The first-order chi connectivity index (χ1) is 11.6. The van der Waals surface area contributed by atoms with E-state index < -0.39 is 5.97 Å². The van der Waals surface area contributed by atoms with Gasteiger partial charge in [0, 0.05) is 13.1 Å². The third kappa shape index (κ3) is 7.13. The Morgan fingerprint density at radius 1 is 1.04 bits per heavy atom. The smallest absolute Gasteiger partial charge is 0.317 e. The molecule has 0 radical (unpaired) electrons. The van der Waals surface area contributed by atoms with Gasteiger partial charge in [-0.25, -0.2) is 0 Å². The van der Waals surface area contributed by atoms with E-state index in [-0.39, 0.29) is 11.9 Å². The zero-order valence-corrected chi connectivity index (χ0v) is 14.2. The number of rotatable bonds is 10. The molecule has 1 atom stereocenters. The summed E-state index contributed by atoms with van der Waals surface area (Å²) in [5.74, 6) is -0.861. The highest BCUT2D eigenvalue weighted by molar-refractivity contribution is 6.20. The van der Waals surface area contributed by atoms with E-state index >= 15 is 0 Å². The lowest BCUT2D eigenvalue weighted by Crippen LogP contribution is -2.35. The minimum Gasteiger partial charge on any atom is -0.480 e. The van der Waals surface area contributed by atoms with Crippen molar-refractivity contribution in [1.82, 2.24) is 4.90 Å². The molecule has 2 rings (SSSR count). The van der Waals surface area contributed by atoms with Crippen LogP contribution >= 0.6 is 11.6 Å². The van der Waals surface area contributed by atoms with Crippen LogP contribution in [0.15, 0.2) is 60.7 Å². The Morgan fingerprint density at radius 2 is 1.62 bits per heavy atom. The molecule has 4 nitrogen and oxygen atoms in total. The second-order valence-electron chi connectivity index (χ2n) is 5.65. The predicted molar refractivity (Wildman–Crippen MR) is 95.1 cm³/mol. The molecule has 0 heterocycles. The van der Waals surface area contributed by atoms with Gasteiger partial charge in [0.25, 0.3) is 0 Å². The number of ether oxygens (including phenoxy) is 1. The zero-order valence-electron chi connectivity index (χ0n) is 13.5. The number of alkyl halides is 1. The van der Waals surface area contributed by atoms with Crippen molar-refractivity contribution in [2.75, 3.05) is 19.7 Å². The molecule has 0 aliphatic heterocycles. The number of hydrogen-bond acceptors (Lipinski definition) is 3. The van der Waals surface area contributed by atoms with Gasteiger partial charge >= 0.3 is 5.97 Å². The summed E-state index contributed by atoms with van der Waals surface area (Å²) in [6.07, 6.45) is 0. The van der Waals surface area contributed by atoms with Crippen LogP contribution in [0.1, 0.15) is 11.1 Å². The maximum Gasteiger partial charge on any atom is 0.317 e. The van der Waals surface area contributed by atoms with Crippen LogP contribution in [0.5, 0.6) is 0 Å². The van der Waals surface area contributed by atoms with E-state index in [1.54, 1.807) is 0 Å². The van der Waals surface area contributed by atoms with Crippen LogP contribution in [-0.2, 0) is 22.7 Å². The van der Waals surface area contributed by atoms with Crippen molar-refractivity contribution in [1.29, 1.82) is 0 Å². The van der Waals surface area contributed by atoms with Gasteiger partial charge in [-0.3, -0.25) is 9.69 Å². The van der Waals surface area contributed by atoms with Crippen molar-refractivity contribution in [2.24, 2.45) is 0 Å². The molecule has 1 N–H and O–H groups in total. The van der Waals surface area contributed by atoms with Crippen molar-refractivity contribution < 1.29 is 14.6 Å². The first-order valence-corrected chi connectivity index (χ1v) is 8.31. The lowest BCUT2D eigenvalue weighted by atomic mass is 10.2. The molecule has 0 saturated carbocycles. The van der Waals surface area contributed by atoms with Crippen molar-refractivity contribution >= 4 is 17.6 Å². The van der Waals surface area contributed by atoms with E-state index in [2.05, 4.69) is 0 Å². The Balaban J connectivity index is 1.80. The number of carboxylic acid groups (broad SMARTS) is 1. The second-order valence-corrected chi connectivity index (χ2v) is 6.26. The van der Waals surface area contributed by atoms with Gasteiger partial charge in [-0.05, 0) is 11.1 Å². The maximum atomic E-state index is 11.1. The SMILES string of the molecule is O=C(O)CN(Cc1ccccc1)C[C@@H](Cl)COCc1ccccc1. The summed E-state index contributed by atoms with van der Waals surface area (Å²) in [6, 6.07) is 19.6. The van der Waals surface area contributed by atoms with E-state index in [9.17, 15) is 4.79 Å². The highest BCUT2D eigenvalue weighted by atomic mass is 35.5. The summed E-state index contributed by atoms with van der Waals surface area (Å²) in [4.78, 5) is 12.9. The highest BCUT2D eigenvalue weighted by Gasteiger charge is 2.15. The number of aliphatic carboxylic acids is 1. The Hall–Kier alpha value is -1.88. The molecule has 0 saturated heterocycles. The highest BCUT2D eigenvalue weighted by Crippen LogP contribution is 2.09. The van der Waals surface area contributed by atoms with Gasteiger partial charge in [-0.15, -0.1) is 11.6 Å². The van der Waals surface area contributed by atoms with E-state index in [0.29, 0.717) is 26.3 Å². The van der Waals surface area contributed by atoms with Crippen LogP contribution in [0.25, 0.3) is 0 Å². The molecule has 0 unspecified atom stereocenters. The standard InChI is InChI=1S/C19H22ClNO3/c20-18(15-24-14-17-9-5-2-6-10-17)12-21(13-19(22)23)11-16-7-3-1-4-8-16/h1-10,18H,11-15H2,(H,22,23)/t18-/m1/s1. The molecule has 0 aliphatic rings. The minimum atomic E-state index is -0.861. The van der Waals surface area contributed by atoms with Gasteiger partial charge in [0.15, 0.2) is 0 Å². The normalized spacial score (nSPS) is 12.2. The molecule has 24 heavy (non-hydrogen) atoms. The number of nitrogens with zero attached hydrogens (tertiary/aromatic N) is 1. The molecule has 0 aliphatic carbocycles. The molecule has 0 aromatic heterocycles. The van der Waals surface area contributed by atoms with Gasteiger partial charge in [-0.1, -0.05) is 60.7 Å². The summed E-state index contributed by atoms with van der Waals surface area (Å²) in [5.41, 5.74) is 2.15. The monoisotopic (exact) mass is 347 g/mol. The molecule has 0 spiro atoms. The molecule has 2 aromatic rings. The molecule has 0 fully saturated rings. The van der Waals surface area contributed by atoms with Crippen LogP contribution in [0.2, 0.25) is 0 Å². The molecule has 2 aromatic carbocycles. The Morgan fingerprint density at radius 3 is 2.21 bits per heavy atom. The van der Waals surface area contributed by atoms with Crippen LogP contribution in [0.3, 0.4) is 0 Å². The fourth-order valence-corrected chi connectivity index (χ4v) is 2.71. The average molecular weight is 348 g/mol. The molecule has 0 amide bonds. The molecule has 128 valence electrons. The van der Waals surface area contributed by atoms with E-state index in [1.807, 2.05) is 65.6 Å². The molecule has 5 heteroatoms. The summed E-state index contributed by atoms with van der Waals surface area (Å²) in [5, 5.41) is 8.82. The third-order valence-electron chi connectivity index (χ3n) is 3.47. The summed E-state index contributed by atoms with van der Waals surface area (Å²) >= 11 is 6.33. The zero-order chi connectivity index (χ0) is 17.2. The Kier molecular flexibility index (Phi) is 7.75. The number of benzene rings is 2. The van der Waals surface area contributed by atoms with E-state index in [0.717, 1.165) is 11.1 Å². The minimum absolute atomic E-state index is 0.0448. The van der Waals surface area contributed by atoms with Crippen molar-refractivity contribution in [3.8, 4) is 0 Å². The fourth-order valence-electron chi connectivity index (χ4n) is 2.43. The topological polar surface area (TPSA) is 49.8 Å². The maximum absolute atomic E-state index is 11.1. The van der Waals surface area contributed by atoms with Gasteiger partial charge in [0.05, 0.1) is 25.1 Å². The Bertz CT molecular complexity index is 607. The van der Waals surface area contributed by atoms with Crippen molar-refractivity contribution in [3.63, 3.8) is 0 Å². The molecule has 0 bridgehead atoms. The summed E-state index contributed by atoms with van der Waals surface area (Å²) in [6.45, 7) is 1.84. The summed E-state index contributed by atoms with van der Waals surface area (Å²) in [7, 11) is 0. The second kappa shape index (κ2) is 10.1. The van der Waals surface area contributed by atoms with Gasteiger partial charge < -0.3 is 9.84 Å². The van der Waals surface area contributed by atoms with Crippen LogP contribution in [0.4, 0.5) is 0 Å². The number of carbonyl (C=O) groups is 1. The lowest BCUT2D eigenvalue weighted by molar-refractivity contribution is -0.138. The fraction of sp³-hybridized carbons (Fsp3) is 0.316. The summed E-state index contributed by atoms with van der Waals surface area (Å²) < 4.78 is 5.63. The molecular formula is C19H22ClNO3. The van der Waals surface area contributed by atoms with Gasteiger partial charge in [-0.2, -0.15) is 0 Å². The largest absolute Gasteiger partial charge is 0.480 e. The first-order valence-electron chi connectivity index (χ1n) is 7.87. The lowest BCUT2D eigenvalue weighted by Gasteiger charge is -2.23. The number of carboxylic acids is 1. The van der Waals surface area contributed by atoms with E-state index in [1.165, 1.54) is 0 Å². The van der Waals surface area contributed by atoms with Gasteiger partial charge in [0.1, 0.15) is 0 Å². The third-order valence-corrected chi connectivity index (χ3v) is 3.74. The van der Waals surface area contributed by atoms with Gasteiger partial charge in [0.2, 0.25) is 0 Å². The van der Waals surface area contributed by atoms with Crippen LogP contribution < -0.4 is 0 Å². The first kappa shape index (κ1) is 18.5. The Labute approximate surface area is 147 Å². The van der Waals surface area contributed by atoms with Crippen LogP contribution in [0, 0.1) is 0 Å². The van der Waals surface area contributed by atoms with E-state index in [4.69, 9.17) is 21.4 Å². The predicted octanol–water partition coefficient (Wildman–Crippen LogP) is 3.40. The van der Waals surface area contributed by atoms with Crippen molar-refractivity contribution in [2.45, 2.75) is 18.5 Å². The quantitative estimate of drug-likeness (QED) is 0.669.